The molecule has 0 heterocycles. The van der Waals surface area contributed by atoms with E-state index in [1.807, 2.05) is 6.92 Å². The lowest BCUT2D eigenvalue weighted by molar-refractivity contribution is -0.115. The number of anilines is 1. The molecule has 0 aliphatic carbocycles. The van der Waals surface area contributed by atoms with Crippen LogP contribution in [0.3, 0.4) is 0 Å². The fraction of sp³-hybridized carbons (Fsp3) is 0.500. The number of carbonyl (C=O) groups is 2. The smallest absolute Gasteiger partial charge is 0.338 e. The van der Waals surface area contributed by atoms with Crippen LogP contribution in [0.15, 0.2) is 24.3 Å². The molecular weight excluding hydrogens is 304 g/mol. The Morgan fingerprint density at radius 2 is 1.95 bits per heavy atom. The van der Waals surface area contributed by atoms with E-state index < -0.39 is 0 Å². The maximum Gasteiger partial charge on any atom is 0.338 e. The van der Waals surface area contributed by atoms with E-state index in [1.165, 1.54) is 0 Å². The Kier molecular flexibility index (Phi) is 11.1. The maximum atomic E-state index is 11.9. The molecule has 0 aromatic heterocycles. The second-order valence-electron chi connectivity index (χ2n) is 4.75. The highest BCUT2D eigenvalue weighted by molar-refractivity contribution is 5.95. The molecule has 0 aliphatic rings. The third-order valence-corrected chi connectivity index (χ3v) is 2.90. The van der Waals surface area contributed by atoms with Gasteiger partial charge in [0, 0.05) is 5.69 Å². The fourth-order valence-corrected chi connectivity index (χ4v) is 1.77. The molecule has 0 radical (unpaired) electrons. The maximum absolute atomic E-state index is 11.9. The Balaban J connectivity index is 0.00000441. The number of esters is 1. The van der Waals surface area contributed by atoms with E-state index in [-0.39, 0.29) is 30.8 Å². The van der Waals surface area contributed by atoms with Gasteiger partial charge in [-0.3, -0.25) is 4.79 Å². The summed E-state index contributed by atoms with van der Waals surface area (Å²) in [5.41, 5.74) is 1.05. The Bertz CT molecular complexity index is 466. The normalized spacial score (nSPS) is 9.73. The van der Waals surface area contributed by atoms with Crippen molar-refractivity contribution < 1.29 is 14.3 Å². The van der Waals surface area contributed by atoms with E-state index in [9.17, 15) is 9.59 Å². The lowest BCUT2D eigenvalue weighted by Gasteiger charge is -2.08. The number of amides is 1. The summed E-state index contributed by atoms with van der Waals surface area (Å²) < 4.78 is 5.19. The second-order valence-corrected chi connectivity index (χ2v) is 4.75. The SMILES string of the molecule is CCCCCOC(=O)c1cccc(NC(=O)CNCC)c1.Cl. The van der Waals surface area contributed by atoms with Crippen molar-refractivity contribution in [3.63, 3.8) is 0 Å². The molecule has 0 saturated carbocycles. The first-order valence-electron chi connectivity index (χ1n) is 7.45. The summed E-state index contributed by atoms with van der Waals surface area (Å²) in [6, 6.07) is 6.79. The van der Waals surface area contributed by atoms with Crippen LogP contribution >= 0.6 is 12.4 Å². The average Bonchev–Trinajstić information content (AvgIpc) is 2.49. The molecule has 0 saturated heterocycles. The summed E-state index contributed by atoms with van der Waals surface area (Å²) in [6.45, 7) is 5.45. The molecule has 2 N–H and O–H groups in total. The summed E-state index contributed by atoms with van der Waals surface area (Å²) in [5, 5.41) is 5.68. The number of nitrogens with one attached hydrogen (secondary N) is 2. The number of rotatable bonds is 9. The molecule has 6 heteroatoms. The van der Waals surface area contributed by atoms with E-state index in [4.69, 9.17) is 4.74 Å². The molecule has 1 rings (SSSR count). The van der Waals surface area contributed by atoms with Crippen LogP contribution in [0.4, 0.5) is 5.69 Å². The first kappa shape index (κ1) is 20.4. The lowest BCUT2D eigenvalue weighted by Crippen LogP contribution is -2.27. The van der Waals surface area contributed by atoms with Crippen LogP contribution < -0.4 is 10.6 Å². The van der Waals surface area contributed by atoms with Crippen molar-refractivity contribution in [1.82, 2.24) is 5.32 Å². The molecule has 22 heavy (non-hydrogen) atoms. The van der Waals surface area contributed by atoms with Crippen molar-refractivity contribution in [2.75, 3.05) is 25.0 Å². The van der Waals surface area contributed by atoms with Crippen LogP contribution in [0.1, 0.15) is 43.5 Å². The minimum Gasteiger partial charge on any atom is -0.462 e. The number of hydrogen-bond acceptors (Lipinski definition) is 4. The summed E-state index contributed by atoms with van der Waals surface area (Å²) in [5.74, 6) is -0.487. The zero-order valence-electron chi connectivity index (χ0n) is 13.2. The van der Waals surface area contributed by atoms with Crippen molar-refractivity contribution >= 4 is 30.0 Å². The Labute approximate surface area is 138 Å². The van der Waals surface area contributed by atoms with Crippen LogP contribution in [0.5, 0.6) is 0 Å². The monoisotopic (exact) mass is 328 g/mol. The van der Waals surface area contributed by atoms with Crippen LogP contribution in [0.2, 0.25) is 0 Å². The predicted molar refractivity (Wildman–Crippen MR) is 90.7 cm³/mol. The van der Waals surface area contributed by atoms with Gasteiger partial charge in [0.1, 0.15) is 0 Å². The van der Waals surface area contributed by atoms with Crippen LogP contribution in [-0.2, 0) is 9.53 Å². The number of unbranched alkanes of at least 4 members (excludes halogenated alkanes) is 2. The van der Waals surface area contributed by atoms with Gasteiger partial charge in [-0.1, -0.05) is 32.8 Å². The molecule has 1 amide bonds. The predicted octanol–water partition coefficient (Wildman–Crippen LogP) is 3.00. The molecule has 0 spiro atoms. The topological polar surface area (TPSA) is 67.4 Å². The zero-order valence-corrected chi connectivity index (χ0v) is 14.0. The average molecular weight is 329 g/mol. The van der Waals surface area contributed by atoms with Gasteiger partial charge in [-0.2, -0.15) is 0 Å². The molecule has 0 unspecified atom stereocenters. The van der Waals surface area contributed by atoms with Crippen molar-refractivity contribution in [1.29, 1.82) is 0 Å². The van der Waals surface area contributed by atoms with E-state index >= 15 is 0 Å². The molecular formula is C16H25ClN2O3. The number of likely N-dealkylation sites (N-methyl/N-ethyl adjacent to an activating group) is 1. The highest BCUT2D eigenvalue weighted by Crippen LogP contribution is 2.12. The van der Waals surface area contributed by atoms with Gasteiger partial charge in [0.05, 0.1) is 18.7 Å². The van der Waals surface area contributed by atoms with Gasteiger partial charge in [0.25, 0.3) is 0 Å². The van der Waals surface area contributed by atoms with Crippen molar-refractivity contribution in [3.05, 3.63) is 29.8 Å². The van der Waals surface area contributed by atoms with Gasteiger partial charge in [0.2, 0.25) is 5.91 Å². The third kappa shape index (κ3) is 8.00. The molecule has 5 nitrogen and oxygen atoms in total. The third-order valence-electron chi connectivity index (χ3n) is 2.90. The summed E-state index contributed by atoms with van der Waals surface area (Å²) >= 11 is 0. The van der Waals surface area contributed by atoms with E-state index in [0.717, 1.165) is 25.8 Å². The van der Waals surface area contributed by atoms with Crippen molar-refractivity contribution in [2.24, 2.45) is 0 Å². The van der Waals surface area contributed by atoms with Crippen molar-refractivity contribution in [2.45, 2.75) is 33.1 Å². The van der Waals surface area contributed by atoms with Crippen LogP contribution in [0.25, 0.3) is 0 Å². The number of hydrogen-bond donors (Lipinski definition) is 2. The Morgan fingerprint density at radius 1 is 1.18 bits per heavy atom. The standard InChI is InChI=1S/C16H24N2O3.ClH/c1-3-5-6-10-21-16(20)13-8-7-9-14(11-13)18-15(19)12-17-4-2;/h7-9,11,17H,3-6,10,12H2,1-2H3,(H,18,19);1H. The Morgan fingerprint density at radius 3 is 2.64 bits per heavy atom. The summed E-state index contributed by atoms with van der Waals surface area (Å²) in [4.78, 5) is 23.5. The van der Waals surface area contributed by atoms with E-state index in [2.05, 4.69) is 17.6 Å². The van der Waals surface area contributed by atoms with Gasteiger partial charge < -0.3 is 15.4 Å². The quantitative estimate of drug-likeness (QED) is 0.540. The number of ether oxygens (including phenoxy) is 1. The minimum absolute atomic E-state index is 0. The molecule has 124 valence electrons. The molecule has 0 fully saturated rings. The highest BCUT2D eigenvalue weighted by atomic mass is 35.5. The number of carbonyl (C=O) groups excluding carboxylic acids is 2. The number of halogens is 1. The zero-order chi connectivity index (χ0) is 15.5. The van der Waals surface area contributed by atoms with Crippen LogP contribution in [0, 0.1) is 0 Å². The molecule has 0 atom stereocenters. The number of benzene rings is 1. The second kappa shape index (κ2) is 12.0. The van der Waals surface area contributed by atoms with Crippen LogP contribution in [-0.4, -0.2) is 31.6 Å². The van der Waals surface area contributed by atoms with Gasteiger partial charge in [0.15, 0.2) is 0 Å². The van der Waals surface area contributed by atoms with E-state index in [1.54, 1.807) is 24.3 Å². The Hall–Kier alpha value is -1.59. The summed E-state index contributed by atoms with van der Waals surface area (Å²) in [7, 11) is 0. The molecule has 1 aromatic carbocycles. The van der Waals surface area contributed by atoms with E-state index in [0.29, 0.717) is 17.9 Å². The first-order valence-corrected chi connectivity index (χ1v) is 7.45. The molecule has 1 aromatic rings. The molecule has 0 bridgehead atoms. The highest BCUT2D eigenvalue weighted by Gasteiger charge is 2.08. The lowest BCUT2D eigenvalue weighted by atomic mass is 10.2. The van der Waals surface area contributed by atoms with Crippen molar-refractivity contribution in [3.8, 4) is 0 Å². The van der Waals surface area contributed by atoms with Gasteiger partial charge in [-0.15, -0.1) is 12.4 Å². The van der Waals surface area contributed by atoms with Gasteiger partial charge >= 0.3 is 5.97 Å². The fourth-order valence-electron chi connectivity index (χ4n) is 1.77. The largest absolute Gasteiger partial charge is 0.462 e. The van der Waals surface area contributed by atoms with Gasteiger partial charge in [-0.25, -0.2) is 4.79 Å². The van der Waals surface area contributed by atoms with Gasteiger partial charge in [-0.05, 0) is 31.2 Å². The summed E-state index contributed by atoms with van der Waals surface area (Å²) in [6.07, 6.45) is 3.01. The molecule has 0 aliphatic heterocycles. The first-order chi connectivity index (χ1) is 10.2. The minimum atomic E-state index is -0.353.